The molecule has 1 N–H and O–H groups in total. The van der Waals surface area contributed by atoms with E-state index in [0.29, 0.717) is 16.9 Å². The molecule has 15 heavy (non-hydrogen) atoms. The van der Waals surface area contributed by atoms with Crippen LogP contribution in [-0.4, -0.2) is 32.3 Å². The number of aryl methyl sites for hydroxylation is 1. The Bertz CT molecular complexity index is 319. The Morgan fingerprint density at radius 2 is 2.20 bits per heavy atom. The first-order valence-corrected chi connectivity index (χ1v) is 5.56. The molecule has 0 radical (unpaired) electrons. The summed E-state index contributed by atoms with van der Waals surface area (Å²) >= 11 is 3.25. The Hall–Kier alpha value is -0.460. The lowest BCUT2D eigenvalue weighted by Crippen LogP contribution is -2.34. The van der Waals surface area contributed by atoms with E-state index in [4.69, 9.17) is 4.74 Å². The highest BCUT2D eigenvalue weighted by Crippen LogP contribution is 2.31. The summed E-state index contributed by atoms with van der Waals surface area (Å²) in [5, 5.41) is 17.8. The minimum atomic E-state index is -0.771. The van der Waals surface area contributed by atoms with E-state index in [9.17, 15) is 5.11 Å². The van der Waals surface area contributed by atoms with Crippen LogP contribution >= 0.6 is 15.9 Å². The molecule has 0 spiro atoms. The molecule has 0 aliphatic carbocycles. The molecule has 1 aromatic rings. The summed E-state index contributed by atoms with van der Waals surface area (Å²) in [5.74, 6) is 0. The summed E-state index contributed by atoms with van der Waals surface area (Å²) in [6.45, 7) is 6.11. The molecule has 0 aliphatic rings. The fourth-order valence-corrected chi connectivity index (χ4v) is 1.95. The Labute approximate surface area is 97.6 Å². The van der Waals surface area contributed by atoms with Crippen molar-refractivity contribution >= 4 is 15.9 Å². The minimum Gasteiger partial charge on any atom is -0.384 e. The van der Waals surface area contributed by atoms with Crippen LogP contribution in [0, 0.1) is 0 Å². The maximum Gasteiger partial charge on any atom is 0.154 e. The highest BCUT2D eigenvalue weighted by atomic mass is 79.9. The predicted octanol–water partition coefficient (Wildman–Crippen LogP) is 1.43. The van der Waals surface area contributed by atoms with Crippen molar-refractivity contribution in [3.05, 3.63) is 10.3 Å². The Balaban J connectivity index is 2.98. The van der Waals surface area contributed by atoms with Crippen LogP contribution < -0.4 is 0 Å². The van der Waals surface area contributed by atoms with Crippen molar-refractivity contribution < 1.29 is 9.84 Å². The van der Waals surface area contributed by atoms with Crippen molar-refractivity contribution in [1.82, 2.24) is 15.0 Å². The van der Waals surface area contributed by atoms with Gasteiger partial charge in [0.15, 0.2) is 4.60 Å². The van der Waals surface area contributed by atoms with Crippen LogP contribution in [0.5, 0.6) is 0 Å². The molecule has 0 amide bonds. The van der Waals surface area contributed by atoms with Gasteiger partial charge in [0.1, 0.15) is 11.8 Å². The number of aliphatic hydroxyl groups is 1. The second-order valence-electron chi connectivity index (χ2n) is 3.83. The lowest BCUT2D eigenvalue weighted by atomic mass is 9.99. The molecule has 0 fully saturated rings. The van der Waals surface area contributed by atoms with E-state index in [2.05, 4.69) is 26.2 Å². The van der Waals surface area contributed by atoms with Gasteiger partial charge in [0.2, 0.25) is 0 Å². The zero-order chi connectivity index (χ0) is 11.6. The molecule has 1 atom stereocenters. The second-order valence-corrected chi connectivity index (χ2v) is 4.58. The molecule has 0 aliphatic heterocycles. The van der Waals surface area contributed by atoms with Gasteiger partial charge in [-0.05, 0) is 36.7 Å². The molecule has 0 aromatic carbocycles. The van der Waals surface area contributed by atoms with E-state index >= 15 is 0 Å². The maximum absolute atomic E-state index is 10.2. The number of hydrogen-bond donors (Lipinski definition) is 1. The van der Waals surface area contributed by atoms with Gasteiger partial charge in [-0.1, -0.05) is 5.21 Å². The Kier molecular flexibility index (Phi) is 3.86. The van der Waals surface area contributed by atoms with Gasteiger partial charge in [0.05, 0.1) is 5.60 Å². The molecule has 0 saturated carbocycles. The smallest absolute Gasteiger partial charge is 0.154 e. The number of ether oxygens (including phenoxy) is 1. The van der Waals surface area contributed by atoms with Crippen LogP contribution in [0.25, 0.3) is 0 Å². The molecule has 6 heteroatoms. The third kappa shape index (κ3) is 2.56. The molecule has 1 heterocycles. The number of halogens is 1. The summed E-state index contributed by atoms with van der Waals surface area (Å²) in [7, 11) is 1.73. The van der Waals surface area contributed by atoms with Crippen LogP contribution in [0.1, 0.15) is 32.6 Å². The predicted molar refractivity (Wildman–Crippen MR) is 59.4 cm³/mol. The van der Waals surface area contributed by atoms with E-state index in [0.717, 1.165) is 0 Å². The fraction of sp³-hybridized carbons (Fsp3) is 0.778. The minimum absolute atomic E-state index is 0.547. The van der Waals surface area contributed by atoms with Gasteiger partial charge in [-0.25, -0.2) is 4.68 Å². The summed E-state index contributed by atoms with van der Waals surface area (Å²) in [6.07, 6.45) is -0.771. The molecule has 86 valence electrons. The lowest BCUT2D eigenvalue weighted by Gasteiger charge is -2.30. The maximum atomic E-state index is 10.2. The molecule has 5 nitrogen and oxygen atoms in total. The summed E-state index contributed by atoms with van der Waals surface area (Å²) in [6, 6.07) is 0. The molecule has 0 saturated heterocycles. The Morgan fingerprint density at radius 1 is 1.60 bits per heavy atom. The molecule has 0 bridgehead atoms. The summed E-state index contributed by atoms with van der Waals surface area (Å²) < 4.78 is 7.57. The van der Waals surface area contributed by atoms with Crippen LogP contribution in [-0.2, 0) is 11.8 Å². The second kappa shape index (κ2) is 4.59. The first-order chi connectivity index (χ1) is 6.90. The van der Waals surface area contributed by atoms with E-state index in [1.54, 1.807) is 7.05 Å². The normalized spacial score (nSPS) is 14.3. The van der Waals surface area contributed by atoms with Crippen molar-refractivity contribution in [2.45, 2.75) is 32.5 Å². The van der Waals surface area contributed by atoms with Crippen LogP contribution in [0.2, 0.25) is 0 Å². The monoisotopic (exact) mass is 277 g/mol. The zero-order valence-electron chi connectivity index (χ0n) is 9.36. The van der Waals surface area contributed by atoms with Crippen LogP contribution in [0.15, 0.2) is 4.60 Å². The Morgan fingerprint density at radius 3 is 2.60 bits per heavy atom. The van der Waals surface area contributed by atoms with Gasteiger partial charge in [-0.2, -0.15) is 0 Å². The highest BCUT2D eigenvalue weighted by molar-refractivity contribution is 9.10. The number of rotatable bonds is 4. The van der Waals surface area contributed by atoms with Gasteiger partial charge in [-0.3, -0.25) is 0 Å². The number of hydrogen-bond acceptors (Lipinski definition) is 4. The average molecular weight is 278 g/mol. The van der Waals surface area contributed by atoms with E-state index in [1.165, 1.54) is 4.68 Å². The van der Waals surface area contributed by atoms with Crippen molar-refractivity contribution in [3.63, 3.8) is 0 Å². The topological polar surface area (TPSA) is 60.2 Å². The van der Waals surface area contributed by atoms with Crippen molar-refractivity contribution in [2.24, 2.45) is 7.05 Å². The third-order valence-corrected chi connectivity index (χ3v) is 2.83. The standard InChI is InChI=1S/C9H16BrN3O2/c1-5-15-9(2,3)7(14)6-8(10)11-12-13(6)4/h7,14H,5H2,1-4H3. The molecule has 1 aromatic heterocycles. The molecular formula is C9H16BrN3O2. The van der Waals surface area contributed by atoms with Gasteiger partial charge in [0, 0.05) is 13.7 Å². The molecule has 1 rings (SSSR count). The lowest BCUT2D eigenvalue weighted by molar-refractivity contribution is -0.101. The van der Waals surface area contributed by atoms with Crippen molar-refractivity contribution in [3.8, 4) is 0 Å². The largest absolute Gasteiger partial charge is 0.384 e. The third-order valence-electron chi connectivity index (χ3n) is 2.26. The quantitative estimate of drug-likeness (QED) is 0.905. The van der Waals surface area contributed by atoms with Gasteiger partial charge >= 0.3 is 0 Å². The highest BCUT2D eigenvalue weighted by Gasteiger charge is 2.33. The number of aromatic nitrogens is 3. The van der Waals surface area contributed by atoms with E-state index in [-0.39, 0.29) is 0 Å². The average Bonchev–Trinajstić information content (AvgIpc) is 2.45. The zero-order valence-corrected chi connectivity index (χ0v) is 10.9. The van der Waals surface area contributed by atoms with E-state index < -0.39 is 11.7 Å². The summed E-state index contributed by atoms with van der Waals surface area (Å²) in [5.41, 5.74) is -0.0410. The van der Waals surface area contributed by atoms with Crippen LogP contribution in [0.3, 0.4) is 0 Å². The number of nitrogens with zero attached hydrogens (tertiary/aromatic N) is 3. The first kappa shape index (κ1) is 12.6. The van der Waals surface area contributed by atoms with Crippen molar-refractivity contribution in [1.29, 1.82) is 0 Å². The van der Waals surface area contributed by atoms with Crippen molar-refractivity contribution in [2.75, 3.05) is 6.61 Å². The van der Waals surface area contributed by atoms with Gasteiger partial charge < -0.3 is 9.84 Å². The fourth-order valence-electron chi connectivity index (χ4n) is 1.41. The first-order valence-electron chi connectivity index (χ1n) is 4.77. The molecule has 1 unspecified atom stereocenters. The summed E-state index contributed by atoms with van der Waals surface area (Å²) in [4.78, 5) is 0. The van der Waals surface area contributed by atoms with Gasteiger partial charge in [-0.15, -0.1) is 5.10 Å². The SMILES string of the molecule is CCOC(C)(C)C(O)c1c(Br)nnn1C. The van der Waals surface area contributed by atoms with E-state index in [1.807, 2.05) is 20.8 Å². The van der Waals surface area contributed by atoms with Crippen LogP contribution in [0.4, 0.5) is 0 Å². The molecular weight excluding hydrogens is 262 g/mol. The van der Waals surface area contributed by atoms with Gasteiger partial charge in [0.25, 0.3) is 0 Å². The number of aliphatic hydroxyl groups excluding tert-OH is 1.